The van der Waals surface area contributed by atoms with Gasteiger partial charge in [0.15, 0.2) is 11.7 Å². The summed E-state index contributed by atoms with van der Waals surface area (Å²) >= 11 is 0. The van der Waals surface area contributed by atoms with E-state index in [0.717, 1.165) is 69.0 Å². The van der Waals surface area contributed by atoms with Crippen molar-refractivity contribution in [3.8, 4) is 0 Å². The predicted octanol–water partition coefficient (Wildman–Crippen LogP) is 3.73. The number of ketones is 1. The minimum atomic E-state index is 0.0722. The van der Waals surface area contributed by atoms with Crippen molar-refractivity contribution in [2.24, 2.45) is 22.6 Å². The second kappa shape index (κ2) is 12.8. The van der Waals surface area contributed by atoms with Crippen LogP contribution in [0.3, 0.4) is 0 Å². The van der Waals surface area contributed by atoms with Gasteiger partial charge in [0.2, 0.25) is 0 Å². The smallest absolute Gasteiger partial charge is 0.198 e. The number of aliphatic hydroxyl groups excluding tert-OH is 1. The molecular weight excluding hydrogens is 438 g/mol. The molecule has 3 aliphatic rings. The summed E-state index contributed by atoms with van der Waals surface area (Å²) in [6.45, 7) is 6.15. The van der Waals surface area contributed by atoms with Gasteiger partial charge in [0.25, 0.3) is 0 Å². The lowest BCUT2D eigenvalue weighted by Gasteiger charge is -2.37. The van der Waals surface area contributed by atoms with Gasteiger partial charge in [-0.25, -0.2) is 4.99 Å². The predicted molar refractivity (Wildman–Crippen MR) is 143 cm³/mol. The van der Waals surface area contributed by atoms with Gasteiger partial charge in [-0.1, -0.05) is 12.1 Å². The zero-order valence-electron chi connectivity index (χ0n) is 21.5. The third kappa shape index (κ3) is 7.76. The number of Topliss-reactive ketones (excluding diaryl/α,β-unsaturated/α-hetero) is 1. The molecule has 7 heteroatoms. The van der Waals surface area contributed by atoms with Crippen molar-refractivity contribution in [3.63, 3.8) is 0 Å². The second-order valence-electron chi connectivity index (χ2n) is 11.0. The van der Waals surface area contributed by atoms with Crippen molar-refractivity contribution >= 4 is 17.4 Å². The molecule has 1 aromatic carbocycles. The zero-order chi connectivity index (χ0) is 24.6. The molecule has 4 rings (SSSR count). The van der Waals surface area contributed by atoms with E-state index >= 15 is 0 Å². The number of carbonyl (C=O) groups is 1. The lowest BCUT2D eigenvalue weighted by Crippen LogP contribution is -2.51. The molecule has 1 aliphatic heterocycles. The van der Waals surface area contributed by atoms with Gasteiger partial charge < -0.3 is 21.1 Å². The molecule has 4 N–H and O–H groups in total. The highest BCUT2D eigenvalue weighted by molar-refractivity contribution is 5.98. The first-order chi connectivity index (χ1) is 17.0. The maximum absolute atomic E-state index is 11.9. The molecule has 0 atom stereocenters. The normalized spacial score (nSPS) is 28.7. The average Bonchev–Trinajstić information content (AvgIpc) is 2.87. The molecule has 35 heavy (non-hydrogen) atoms. The van der Waals surface area contributed by atoms with Gasteiger partial charge in [0.05, 0.1) is 12.6 Å². The number of carbonyl (C=O) groups excluding carboxylic acids is 1. The summed E-state index contributed by atoms with van der Waals surface area (Å²) in [5, 5.41) is 12.9. The number of piperazine rings is 1. The van der Waals surface area contributed by atoms with Gasteiger partial charge in [-0.15, -0.1) is 0 Å². The fraction of sp³-hybridized carbons (Fsp3) is 0.714. The summed E-state index contributed by atoms with van der Waals surface area (Å²) < 4.78 is 0. The Bertz CT molecular complexity index is 836. The molecule has 1 heterocycles. The average molecular weight is 484 g/mol. The summed E-state index contributed by atoms with van der Waals surface area (Å²) in [4.78, 5) is 21.8. The number of benzene rings is 1. The molecule has 7 nitrogen and oxygen atoms in total. The number of guanidine groups is 1. The molecule has 0 spiro atoms. The van der Waals surface area contributed by atoms with Crippen LogP contribution in [0.4, 0.5) is 5.69 Å². The van der Waals surface area contributed by atoms with Crippen molar-refractivity contribution in [1.29, 1.82) is 0 Å². The first-order valence-corrected chi connectivity index (χ1v) is 13.8. The molecule has 0 amide bonds. The number of anilines is 1. The van der Waals surface area contributed by atoms with Crippen molar-refractivity contribution in [2.75, 3.05) is 44.6 Å². The first kappa shape index (κ1) is 26.1. The van der Waals surface area contributed by atoms with Crippen LogP contribution in [0.15, 0.2) is 29.3 Å². The fourth-order valence-electron chi connectivity index (χ4n) is 6.04. The van der Waals surface area contributed by atoms with E-state index < -0.39 is 0 Å². The summed E-state index contributed by atoms with van der Waals surface area (Å²) in [7, 11) is 0. The standard InChI is InChI=1S/C28H45N5O2/c1-21(35)24-3-2-4-27(20-24)31-28(33-15-13-32(14-16-33)17-18-34)30-26-11-7-23(8-12-26)19-22-5-9-25(29)10-6-22/h2-4,20,22-23,25-26,34H,5-19,29H2,1H3,(H,30,31). The molecule has 1 saturated heterocycles. The van der Waals surface area contributed by atoms with Gasteiger partial charge in [-0.3, -0.25) is 9.69 Å². The third-order valence-electron chi connectivity index (χ3n) is 8.29. The van der Waals surface area contributed by atoms with E-state index in [1.54, 1.807) is 6.92 Å². The van der Waals surface area contributed by atoms with E-state index in [0.29, 0.717) is 17.6 Å². The molecule has 2 aliphatic carbocycles. The number of nitrogens with zero attached hydrogens (tertiary/aromatic N) is 3. The van der Waals surface area contributed by atoms with Gasteiger partial charge in [0.1, 0.15) is 0 Å². The topological polar surface area (TPSA) is 94.2 Å². The molecule has 1 aromatic rings. The molecule has 0 unspecified atom stereocenters. The van der Waals surface area contributed by atoms with Crippen LogP contribution in [0, 0.1) is 11.8 Å². The Kier molecular flexibility index (Phi) is 9.58. The van der Waals surface area contributed by atoms with Crippen LogP contribution < -0.4 is 11.1 Å². The van der Waals surface area contributed by atoms with E-state index in [-0.39, 0.29) is 12.4 Å². The lowest BCUT2D eigenvalue weighted by molar-refractivity contribution is 0.101. The molecular formula is C28H45N5O2. The van der Waals surface area contributed by atoms with Crippen LogP contribution in [-0.2, 0) is 0 Å². The number of nitrogens with one attached hydrogen (secondary N) is 1. The highest BCUT2D eigenvalue weighted by atomic mass is 16.3. The van der Waals surface area contributed by atoms with Crippen molar-refractivity contribution in [1.82, 2.24) is 9.80 Å². The number of hydrogen-bond donors (Lipinski definition) is 3. The minimum Gasteiger partial charge on any atom is -0.395 e. The third-order valence-corrected chi connectivity index (χ3v) is 8.29. The Labute approximate surface area is 211 Å². The number of hydrogen-bond acceptors (Lipinski definition) is 5. The van der Waals surface area contributed by atoms with E-state index in [1.165, 1.54) is 44.9 Å². The molecule has 0 radical (unpaired) electrons. The fourth-order valence-corrected chi connectivity index (χ4v) is 6.04. The maximum Gasteiger partial charge on any atom is 0.198 e. The largest absolute Gasteiger partial charge is 0.395 e. The first-order valence-electron chi connectivity index (χ1n) is 13.8. The summed E-state index contributed by atoms with van der Waals surface area (Å²) in [6, 6.07) is 8.51. The number of nitrogens with two attached hydrogens (primary N) is 1. The Morgan fingerprint density at radius 1 is 1.03 bits per heavy atom. The molecule has 0 bridgehead atoms. The lowest BCUT2D eigenvalue weighted by atomic mass is 9.76. The van der Waals surface area contributed by atoms with E-state index in [9.17, 15) is 9.90 Å². The van der Waals surface area contributed by atoms with Crippen LogP contribution in [0.1, 0.15) is 75.1 Å². The van der Waals surface area contributed by atoms with Crippen molar-refractivity contribution in [3.05, 3.63) is 29.8 Å². The van der Waals surface area contributed by atoms with Crippen LogP contribution >= 0.6 is 0 Å². The van der Waals surface area contributed by atoms with Gasteiger partial charge in [-0.2, -0.15) is 0 Å². The summed E-state index contributed by atoms with van der Waals surface area (Å²) in [6.07, 6.45) is 11.3. The van der Waals surface area contributed by atoms with Gasteiger partial charge in [-0.05, 0) is 88.7 Å². The van der Waals surface area contributed by atoms with Crippen LogP contribution in [0.5, 0.6) is 0 Å². The van der Waals surface area contributed by atoms with Crippen LogP contribution in [0.2, 0.25) is 0 Å². The Morgan fingerprint density at radius 2 is 1.69 bits per heavy atom. The Morgan fingerprint density at radius 3 is 2.31 bits per heavy atom. The maximum atomic E-state index is 11.9. The summed E-state index contributed by atoms with van der Waals surface area (Å²) in [5.41, 5.74) is 7.73. The van der Waals surface area contributed by atoms with E-state index in [4.69, 9.17) is 10.7 Å². The zero-order valence-corrected chi connectivity index (χ0v) is 21.5. The molecule has 2 saturated carbocycles. The van der Waals surface area contributed by atoms with E-state index in [1.807, 2.05) is 24.3 Å². The second-order valence-corrected chi connectivity index (χ2v) is 11.0. The number of aliphatic imine (C=N–C) groups is 1. The molecule has 0 aromatic heterocycles. The van der Waals surface area contributed by atoms with Crippen molar-refractivity contribution in [2.45, 2.75) is 76.8 Å². The number of β-amino-alcohol motifs (C(OH)–C–C–N with tert-alkyl or cyclic N) is 1. The monoisotopic (exact) mass is 483 g/mol. The Balaban J connectivity index is 1.38. The number of aliphatic hydroxyl groups is 1. The van der Waals surface area contributed by atoms with E-state index in [2.05, 4.69) is 15.1 Å². The van der Waals surface area contributed by atoms with Gasteiger partial charge >= 0.3 is 0 Å². The summed E-state index contributed by atoms with van der Waals surface area (Å²) in [5.74, 6) is 2.72. The van der Waals surface area contributed by atoms with Crippen LogP contribution in [0.25, 0.3) is 0 Å². The van der Waals surface area contributed by atoms with Crippen LogP contribution in [-0.4, -0.2) is 78.1 Å². The quantitative estimate of drug-likeness (QED) is 0.311. The van der Waals surface area contributed by atoms with Gasteiger partial charge in [0, 0.05) is 50.0 Å². The highest BCUT2D eigenvalue weighted by Gasteiger charge is 2.27. The molecule has 3 fully saturated rings. The minimum absolute atomic E-state index is 0.0722. The number of rotatable bonds is 7. The van der Waals surface area contributed by atoms with Crippen molar-refractivity contribution < 1.29 is 9.90 Å². The Hall–Kier alpha value is -1.96. The molecule has 194 valence electrons. The highest BCUT2D eigenvalue weighted by Crippen LogP contribution is 2.36. The SMILES string of the molecule is CC(=O)c1cccc(NC(=NC2CCC(CC3CCC(N)CC3)CC2)N2CCN(CCO)CC2)c1.